The largest absolute Gasteiger partial charge is 0.361 e. The van der Waals surface area contributed by atoms with Crippen molar-refractivity contribution in [2.24, 2.45) is 0 Å². The first kappa shape index (κ1) is 20.2. The van der Waals surface area contributed by atoms with Crippen LogP contribution in [0, 0.1) is 0 Å². The molecule has 0 radical (unpaired) electrons. The molecule has 0 saturated carbocycles. The summed E-state index contributed by atoms with van der Waals surface area (Å²) >= 11 is 12.5. The van der Waals surface area contributed by atoms with Crippen molar-refractivity contribution >= 4 is 45.9 Å². The van der Waals surface area contributed by atoms with Crippen LogP contribution in [0.3, 0.4) is 0 Å². The predicted octanol–water partition coefficient (Wildman–Crippen LogP) is 4.20. The van der Waals surface area contributed by atoms with E-state index >= 15 is 0 Å². The first-order valence-electron chi connectivity index (χ1n) is 8.86. The van der Waals surface area contributed by atoms with Gasteiger partial charge in [0.2, 0.25) is 11.8 Å². The Morgan fingerprint density at radius 2 is 1.89 bits per heavy atom. The Bertz CT molecular complexity index is 1020. The van der Waals surface area contributed by atoms with E-state index < -0.39 is 0 Å². The maximum Gasteiger partial charge on any atom is 0.239 e. The van der Waals surface area contributed by atoms with Crippen molar-refractivity contribution < 1.29 is 9.59 Å². The molecule has 0 bridgehead atoms. The van der Waals surface area contributed by atoms with Gasteiger partial charge < -0.3 is 15.2 Å². The Hall–Kier alpha value is -2.50. The van der Waals surface area contributed by atoms with E-state index in [0.717, 1.165) is 22.0 Å². The summed E-state index contributed by atoms with van der Waals surface area (Å²) in [6.07, 6.45) is 1.94. The van der Waals surface area contributed by atoms with Crippen LogP contribution in [-0.4, -0.2) is 41.8 Å². The van der Waals surface area contributed by atoms with Gasteiger partial charge in [-0.1, -0.05) is 47.5 Å². The minimum Gasteiger partial charge on any atom is -0.361 e. The third-order valence-electron chi connectivity index (χ3n) is 4.76. The van der Waals surface area contributed by atoms with Crippen molar-refractivity contribution in [3.8, 4) is 0 Å². The molecule has 146 valence electrons. The van der Waals surface area contributed by atoms with Crippen LogP contribution in [0.5, 0.6) is 0 Å². The number of benzene rings is 2. The second-order valence-corrected chi connectivity index (χ2v) is 7.53. The lowest BCUT2D eigenvalue weighted by Crippen LogP contribution is -2.39. The first-order valence-corrected chi connectivity index (χ1v) is 9.61. The summed E-state index contributed by atoms with van der Waals surface area (Å²) in [6.45, 7) is 1.77. The predicted molar refractivity (Wildman–Crippen MR) is 113 cm³/mol. The van der Waals surface area contributed by atoms with Crippen LogP contribution in [-0.2, 0) is 9.59 Å². The normalized spacial score (nSPS) is 12.0. The Morgan fingerprint density at radius 1 is 1.14 bits per heavy atom. The van der Waals surface area contributed by atoms with Crippen molar-refractivity contribution in [3.63, 3.8) is 0 Å². The number of carbonyl (C=O) groups excluding carboxylic acids is 2. The number of hydrogen-bond donors (Lipinski definition) is 2. The number of halogens is 2. The molecule has 0 saturated heterocycles. The van der Waals surface area contributed by atoms with Crippen LogP contribution in [0.25, 0.3) is 10.9 Å². The molecular formula is C21H21Cl2N3O2. The molecule has 0 aliphatic heterocycles. The number of carbonyl (C=O) groups is 2. The molecule has 3 aromatic rings. The lowest BCUT2D eigenvalue weighted by Gasteiger charge is -2.21. The molecule has 0 spiro atoms. The third kappa shape index (κ3) is 4.49. The van der Waals surface area contributed by atoms with Crippen molar-refractivity contribution in [1.29, 1.82) is 0 Å². The molecular weight excluding hydrogens is 397 g/mol. The molecule has 2 N–H and O–H groups in total. The number of aromatic amines is 1. The minimum absolute atomic E-state index is 0.00425. The van der Waals surface area contributed by atoms with Gasteiger partial charge >= 0.3 is 0 Å². The van der Waals surface area contributed by atoms with Gasteiger partial charge in [-0.2, -0.15) is 0 Å². The van der Waals surface area contributed by atoms with Gasteiger partial charge in [0.25, 0.3) is 0 Å². The number of fused-ring (bicyclic) bond motifs is 1. The maximum absolute atomic E-state index is 12.3. The maximum atomic E-state index is 12.3. The molecule has 0 aliphatic carbocycles. The smallest absolute Gasteiger partial charge is 0.239 e. The molecule has 2 aromatic carbocycles. The summed E-state index contributed by atoms with van der Waals surface area (Å²) < 4.78 is 0. The highest BCUT2D eigenvalue weighted by molar-refractivity contribution is 6.35. The van der Waals surface area contributed by atoms with Crippen molar-refractivity contribution in [3.05, 3.63) is 69.8 Å². The van der Waals surface area contributed by atoms with E-state index in [-0.39, 0.29) is 24.3 Å². The Kier molecular flexibility index (Phi) is 6.27. The van der Waals surface area contributed by atoms with Crippen molar-refractivity contribution in [2.45, 2.75) is 12.8 Å². The summed E-state index contributed by atoms with van der Waals surface area (Å²) in [6, 6.07) is 13.3. The van der Waals surface area contributed by atoms with Gasteiger partial charge in [-0.3, -0.25) is 9.59 Å². The molecule has 7 heteroatoms. The molecule has 1 heterocycles. The molecule has 0 fully saturated rings. The van der Waals surface area contributed by atoms with E-state index in [1.165, 1.54) is 11.8 Å². The molecule has 28 heavy (non-hydrogen) atoms. The van der Waals surface area contributed by atoms with Gasteiger partial charge in [0.1, 0.15) is 0 Å². The topological polar surface area (TPSA) is 65.2 Å². The van der Waals surface area contributed by atoms with E-state index in [2.05, 4.69) is 10.3 Å². The fraction of sp³-hybridized carbons (Fsp3) is 0.238. The molecule has 2 amide bonds. The van der Waals surface area contributed by atoms with Gasteiger partial charge in [-0.05, 0) is 29.3 Å². The zero-order valence-corrected chi connectivity index (χ0v) is 17.1. The number of amides is 2. The number of likely N-dealkylation sites (N-methyl/N-ethyl adjacent to an activating group) is 1. The van der Waals surface area contributed by atoms with Crippen LogP contribution >= 0.6 is 23.2 Å². The van der Waals surface area contributed by atoms with Gasteiger partial charge in [-0.15, -0.1) is 0 Å². The van der Waals surface area contributed by atoms with Crippen molar-refractivity contribution in [2.75, 3.05) is 20.1 Å². The molecule has 1 aromatic heterocycles. The average molecular weight is 418 g/mol. The van der Waals surface area contributed by atoms with E-state index in [0.29, 0.717) is 16.6 Å². The number of rotatable bonds is 6. The van der Waals surface area contributed by atoms with Crippen LogP contribution in [0.1, 0.15) is 24.0 Å². The van der Waals surface area contributed by atoms with E-state index in [9.17, 15) is 9.59 Å². The summed E-state index contributed by atoms with van der Waals surface area (Å²) in [5.41, 5.74) is 2.91. The van der Waals surface area contributed by atoms with Crippen LogP contribution in [0.2, 0.25) is 10.0 Å². The van der Waals surface area contributed by atoms with Crippen molar-refractivity contribution in [1.82, 2.24) is 15.2 Å². The standard InChI is InChI=1S/C21H21Cl2N3O2/c1-13(27)26(2)12-21(28)25-11-17(15-8-7-14(22)9-19(15)23)18-10-24-20-6-4-3-5-16(18)20/h3-10,17,24H,11-12H2,1-2H3,(H,25,28). The van der Waals surface area contributed by atoms with E-state index in [4.69, 9.17) is 23.2 Å². The van der Waals surface area contributed by atoms with Crippen LogP contribution < -0.4 is 5.32 Å². The van der Waals surface area contributed by atoms with Crippen LogP contribution in [0.4, 0.5) is 0 Å². The van der Waals surface area contributed by atoms with Gasteiger partial charge in [-0.25, -0.2) is 0 Å². The lowest BCUT2D eigenvalue weighted by atomic mass is 9.90. The Labute approximate surface area is 173 Å². The second-order valence-electron chi connectivity index (χ2n) is 6.69. The van der Waals surface area contributed by atoms with Gasteiger partial charge in [0, 0.05) is 53.6 Å². The fourth-order valence-electron chi connectivity index (χ4n) is 3.15. The quantitative estimate of drug-likeness (QED) is 0.630. The third-order valence-corrected chi connectivity index (χ3v) is 5.32. The highest BCUT2D eigenvalue weighted by atomic mass is 35.5. The number of hydrogen-bond acceptors (Lipinski definition) is 2. The molecule has 3 rings (SSSR count). The number of aromatic nitrogens is 1. The minimum atomic E-state index is -0.229. The lowest BCUT2D eigenvalue weighted by molar-refractivity contribution is -0.133. The zero-order valence-electron chi connectivity index (χ0n) is 15.6. The number of para-hydroxylation sites is 1. The zero-order chi connectivity index (χ0) is 20.3. The van der Waals surface area contributed by atoms with E-state index in [1.807, 2.05) is 36.5 Å². The van der Waals surface area contributed by atoms with Crippen LogP contribution in [0.15, 0.2) is 48.7 Å². The summed E-state index contributed by atoms with van der Waals surface area (Å²) in [5.74, 6) is -0.566. The average Bonchev–Trinajstić information content (AvgIpc) is 3.07. The molecule has 1 atom stereocenters. The van der Waals surface area contributed by atoms with E-state index in [1.54, 1.807) is 19.2 Å². The number of nitrogens with one attached hydrogen (secondary N) is 2. The summed E-state index contributed by atoms with van der Waals surface area (Å²) in [4.78, 5) is 28.3. The molecule has 5 nitrogen and oxygen atoms in total. The fourth-order valence-corrected chi connectivity index (χ4v) is 3.69. The highest BCUT2D eigenvalue weighted by Crippen LogP contribution is 2.35. The Balaban J connectivity index is 1.91. The second kappa shape index (κ2) is 8.67. The number of H-pyrrole nitrogens is 1. The Morgan fingerprint density at radius 3 is 2.61 bits per heavy atom. The molecule has 0 aliphatic rings. The van der Waals surface area contributed by atoms with Gasteiger partial charge in [0.15, 0.2) is 0 Å². The summed E-state index contributed by atoms with van der Waals surface area (Å²) in [7, 11) is 1.59. The molecule has 1 unspecified atom stereocenters. The first-order chi connectivity index (χ1) is 13.4. The monoisotopic (exact) mass is 417 g/mol. The van der Waals surface area contributed by atoms with Gasteiger partial charge in [0.05, 0.1) is 6.54 Å². The number of nitrogens with zero attached hydrogens (tertiary/aromatic N) is 1. The summed E-state index contributed by atoms with van der Waals surface area (Å²) in [5, 5.41) is 5.08. The highest BCUT2D eigenvalue weighted by Gasteiger charge is 2.22. The SMILES string of the molecule is CC(=O)N(C)CC(=O)NCC(c1ccc(Cl)cc1Cl)c1c[nH]c2ccccc12.